The van der Waals surface area contributed by atoms with Gasteiger partial charge in [0.2, 0.25) is 5.91 Å². The third-order valence-corrected chi connectivity index (χ3v) is 5.32. The first-order valence-corrected chi connectivity index (χ1v) is 9.76. The zero-order chi connectivity index (χ0) is 21.7. The van der Waals surface area contributed by atoms with Crippen molar-refractivity contribution in [2.75, 3.05) is 13.7 Å². The van der Waals surface area contributed by atoms with Crippen molar-refractivity contribution in [3.8, 4) is 5.75 Å². The first-order valence-electron chi connectivity index (χ1n) is 9.76. The van der Waals surface area contributed by atoms with Crippen LogP contribution in [0.2, 0.25) is 0 Å². The van der Waals surface area contributed by atoms with Gasteiger partial charge in [-0.3, -0.25) is 4.79 Å². The molecule has 1 aliphatic heterocycles. The Morgan fingerprint density at radius 1 is 1.17 bits per heavy atom. The number of alkyl halides is 3. The van der Waals surface area contributed by atoms with Gasteiger partial charge in [0.05, 0.1) is 12.7 Å². The van der Waals surface area contributed by atoms with Crippen molar-refractivity contribution in [3.63, 3.8) is 0 Å². The summed E-state index contributed by atoms with van der Waals surface area (Å²) in [6.45, 7) is 1.31. The average Bonchev–Trinajstić information content (AvgIpc) is 3.06. The highest BCUT2D eigenvalue weighted by molar-refractivity contribution is 5.78. The van der Waals surface area contributed by atoms with E-state index < -0.39 is 17.6 Å². The molecule has 0 spiro atoms. The number of amides is 1. The maximum Gasteiger partial charge on any atom is 0.416 e. The van der Waals surface area contributed by atoms with Gasteiger partial charge in [-0.05, 0) is 49.2 Å². The fourth-order valence-electron chi connectivity index (χ4n) is 3.59. The number of methoxy groups -OCH3 is 1. The molecule has 0 aromatic heterocycles. The zero-order valence-corrected chi connectivity index (χ0v) is 16.6. The van der Waals surface area contributed by atoms with Gasteiger partial charge in [0.15, 0.2) is 0 Å². The second kappa shape index (κ2) is 9.47. The Bertz CT molecular complexity index is 868. The van der Waals surface area contributed by atoms with E-state index in [2.05, 4.69) is 5.32 Å². The van der Waals surface area contributed by atoms with Gasteiger partial charge in [0.1, 0.15) is 11.6 Å². The number of ether oxygens (including phenoxy) is 1. The molecule has 1 aliphatic rings. The number of carbonyl (C=O) groups is 1. The number of carbonyl (C=O) groups excluding carboxylic acids is 1. The molecule has 1 unspecified atom stereocenters. The van der Waals surface area contributed by atoms with Crippen LogP contribution in [-0.2, 0) is 24.1 Å². The zero-order valence-electron chi connectivity index (χ0n) is 16.6. The van der Waals surface area contributed by atoms with Gasteiger partial charge in [0, 0.05) is 31.1 Å². The number of benzene rings is 2. The van der Waals surface area contributed by atoms with Gasteiger partial charge in [-0.15, -0.1) is 0 Å². The topological polar surface area (TPSA) is 41.6 Å². The summed E-state index contributed by atoms with van der Waals surface area (Å²) in [7, 11) is 1.61. The van der Waals surface area contributed by atoms with Crippen LogP contribution in [0.1, 0.15) is 36.0 Å². The molecule has 2 aromatic rings. The highest BCUT2D eigenvalue weighted by Gasteiger charge is 2.33. The monoisotopic (exact) mass is 424 g/mol. The summed E-state index contributed by atoms with van der Waals surface area (Å²) in [5, 5.41) is 3.32. The van der Waals surface area contributed by atoms with Gasteiger partial charge in [-0.1, -0.05) is 18.2 Å². The number of rotatable bonds is 8. The van der Waals surface area contributed by atoms with Crippen LogP contribution in [0.4, 0.5) is 17.6 Å². The van der Waals surface area contributed by atoms with Crippen molar-refractivity contribution in [1.29, 1.82) is 0 Å². The van der Waals surface area contributed by atoms with Crippen LogP contribution in [0.25, 0.3) is 0 Å². The van der Waals surface area contributed by atoms with Crippen molar-refractivity contribution < 1.29 is 27.1 Å². The van der Waals surface area contributed by atoms with Crippen LogP contribution in [0, 0.1) is 5.82 Å². The summed E-state index contributed by atoms with van der Waals surface area (Å²) in [4.78, 5) is 13.8. The third kappa shape index (κ3) is 5.50. The maximum absolute atomic E-state index is 14.2. The van der Waals surface area contributed by atoms with Gasteiger partial charge in [-0.2, -0.15) is 13.2 Å². The lowest BCUT2D eigenvalue weighted by molar-refractivity contribution is -0.138. The van der Waals surface area contributed by atoms with Crippen molar-refractivity contribution >= 4 is 5.91 Å². The molecular weight excluding hydrogens is 400 g/mol. The van der Waals surface area contributed by atoms with E-state index >= 15 is 0 Å². The molecular formula is C22H24F4N2O2. The molecule has 30 heavy (non-hydrogen) atoms. The Balaban J connectivity index is 1.54. The van der Waals surface area contributed by atoms with E-state index in [4.69, 9.17) is 4.74 Å². The first kappa shape index (κ1) is 22.1. The van der Waals surface area contributed by atoms with Crippen LogP contribution in [0.15, 0.2) is 42.5 Å². The number of nitrogens with zero attached hydrogens (tertiary/aromatic N) is 1. The quantitative estimate of drug-likeness (QED) is 0.500. The van der Waals surface area contributed by atoms with Crippen molar-refractivity contribution in [2.45, 2.75) is 44.6 Å². The van der Waals surface area contributed by atoms with Crippen molar-refractivity contribution in [1.82, 2.24) is 10.2 Å². The minimum Gasteiger partial charge on any atom is -0.497 e. The molecule has 162 valence electrons. The highest BCUT2D eigenvalue weighted by atomic mass is 19.4. The van der Waals surface area contributed by atoms with Gasteiger partial charge in [0.25, 0.3) is 0 Å². The van der Waals surface area contributed by atoms with Crippen LogP contribution >= 0.6 is 0 Å². The number of halogens is 4. The molecule has 1 N–H and O–H groups in total. The molecule has 3 rings (SSSR count). The lowest BCUT2D eigenvalue weighted by Gasteiger charge is -2.25. The van der Waals surface area contributed by atoms with E-state index in [-0.39, 0.29) is 24.1 Å². The number of hydrogen-bond acceptors (Lipinski definition) is 3. The van der Waals surface area contributed by atoms with E-state index in [1.807, 2.05) is 24.3 Å². The minimum absolute atomic E-state index is 0.0219. The van der Waals surface area contributed by atoms with Crippen molar-refractivity contribution in [3.05, 3.63) is 65.0 Å². The van der Waals surface area contributed by atoms with Crippen LogP contribution in [0.3, 0.4) is 0 Å². The first-order chi connectivity index (χ1) is 14.3. The molecule has 2 aromatic carbocycles. The van der Waals surface area contributed by atoms with Crippen LogP contribution in [-0.4, -0.2) is 30.5 Å². The Morgan fingerprint density at radius 3 is 2.53 bits per heavy atom. The predicted octanol–water partition coefficient (Wildman–Crippen LogP) is 4.52. The summed E-state index contributed by atoms with van der Waals surface area (Å²) in [5.41, 5.74) is 0.159. The Morgan fingerprint density at radius 2 is 1.90 bits per heavy atom. The molecule has 4 nitrogen and oxygen atoms in total. The summed E-state index contributed by atoms with van der Waals surface area (Å²) in [5.74, 6) is -0.260. The summed E-state index contributed by atoms with van der Waals surface area (Å²) >= 11 is 0. The number of likely N-dealkylation sites (tertiary alicyclic amines) is 1. The summed E-state index contributed by atoms with van der Waals surface area (Å²) < 4.78 is 57.5. The Hall–Kier alpha value is -2.61. The van der Waals surface area contributed by atoms with Gasteiger partial charge >= 0.3 is 6.18 Å². The molecule has 0 radical (unpaired) electrons. The molecule has 0 bridgehead atoms. The smallest absolute Gasteiger partial charge is 0.416 e. The Kier molecular flexibility index (Phi) is 6.97. The number of nitrogens with one attached hydrogen (secondary N) is 1. The minimum atomic E-state index is -4.60. The summed E-state index contributed by atoms with van der Waals surface area (Å²) in [6, 6.07) is 10.1. The standard InChI is InChI=1S/C22H24F4N2O2/c1-30-19-7-2-15(3-8-19)13-27-11-10-18-6-9-21(29)28(18)14-16-4-5-17(12-20(16)23)22(24,25)26/h2-5,7-8,12,18,27H,6,9-11,13-14H2,1H3. The lowest BCUT2D eigenvalue weighted by atomic mass is 10.1. The molecule has 0 saturated carbocycles. The molecule has 0 aliphatic carbocycles. The SMILES string of the molecule is COc1ccc(CNCCC2CCC(=O)N2Cc2ccc(C(F)(F)F)cc2F)cc1. The normalized spacial score (nSPS) is 16.9. The molecule has 1 saturated heterocycles. The van der Waals surface area contributed by atoms with Crippen molar-refractivity contribution in [2.24, 2.45) is 0 Å². The fourth-order valence-corrected chi connectivity index (χ4v) is 3.59. The molecule has 1 fully saturated rings. The number of hydrogen-bond donors (Lipinski definition) is 1. The third-order valence-electron chi connectivity index (χ3n) is 5.32. The van der Waals surface area contributed by atoms with Crippen LogP contribution < -0.4 is 10.1 Å². The molecule has 1 heterocycles. The van der Waals surface area contributed by atoms with E-state index in [0.717, 1.165) is 23.4 Å². The van der Waals surface area contributed by atoms with E-state index in [0.29, 0.717) is 38.4 Å². The van der Waals surface area contributed by atoms with E-state index in [1.165, 1.54) is 0 Å². The van der Waals surface area contributed by atoms with E-state index in [1.54, 1.807) is 12.0 Å². The second-order valence-electron chi connectivity index (χ2n) is 7.33. The fraction of sp³-hybridized carbons (Fsp3) is 0.409. The van der Waals surface area contributed by atoms with Gasteiger partial charge in [-0.25, -0.2) is 4.39 Å². The lowest BCUT2D eigenvalue weighted by Crippen LogP contribution is -2.35. The highest BCUT2D eigenvalue weighted by Crippen LogP contribution is 2.31. The second-order valence-corrected chi connectivity index (χ2v) is 7.33. The molecule has 8 heteroatoms. The van der Waals surface area contributed by atoms with Crippen LogP contribution in [0.5, 0.6) is 5.75 Å². The molecule has 1 atom stereocenters. The largest absolute Gasteiger partial charge is 0.497 e. The average molecular weight is 424 g/mol. The Labute approximate surface area is 172 Å². The molecule has 1 amide bonds. The van der Waals surface area contributed by atoms with Gasteiger partial charge < -0.3 is 15.0 Å². The predicted molar refractivity (Wildman–Crippen MR) is 104 cm³/mol. The summed E-state index contributed by atoms with van der Waals surface area (Å²) in [6.07, 6.45) is -2.89. The maximum atomic E-state index is 14.2. The van der Waals surface area contributed by atoms with E-state index in [9.17, 15) is 22.4 Å².